The molecule has 0 atom stereocenters. The molecule has 1 aromatic rings. The van der Waals surface area contributed by atoms with Gasteiger partial charge in [0.15, 0.2) is 0 Å². The van der Waals surface area contributed by atoms with Gasteiger partial charge in [-0.05, 0) is 13.3 Å². The molecule has 0 aromatic carbocycles. The van der Waals surface area contributed by atoms with Crippen LogP contribution in [0.25, 0.3) is 0 Å². The molecular formula is C15H25NO3. The van der Waals surface area contributed by atoms with Gasteiger partial charge in [0.05, 0.1) is 18.9 Å². The van der Waals surface area contributed by atoms with Crippen molar-refractivity contribution in [1.82, 2.24) is 4.98 Å². The van der Waals surface area contributed by atoms with E-state index in [9.17, 15) is 5.11 Å². The molecular weight excluding hydrogens is 242 g/mol. The number of fused-ring (bicyclic) bond motifs is 1. The molecule has 0 aliphatic carbocycles. The van der Waals surface area contributed by atoms with E-state index in [4.69, 9.17) is 9.47 Å². The summed E-state index contributed by atoms with van der Waals surface area (Å²) in [6.07, 6.45) is 0.799. The van der Waals surface area contributed by atoms with Gasteiger partial charge < -0.3 is 14.6 Å². The zero-order chi connectivity index (χ0) is 14.6. The third-order valence-electron chi connectivity index (χ3n) is 3.02. The largest absolute Gasteiger partial charge is 0.461 e. The summed E-state index contributed by atoms with van der Waals surface area (Å²) in [5, 5.41) is 9.48. The van der Waals surface area contributed by atoms with Crippen LogP contribution in [-0.2, 0) is 24.4 Å². The number of aliphatic hydroxyl groups excluding tert-OH is 1. The molecule has 1 aliphatic rings. The number of pyridine rings is 1. The second-order valence-corrected chi connectivity index (χ2v) is 4.73. The average Bonchev–Trinajstić information content (AvgIpc) is 2.40. The molecule has 0 radical (unpaired) electrons. The molecule has 0 fully saturated rings. The molecule has 2 heterocycles. The number of nitrogens with zero attached hydrogens (tertiary/aromatic N) is 1. The van der Waals surface area contributed by atoms with Crippen LogP contribution in [-0.4, -0.2) is 15.9 Å². The van der Waals surface area contributed by atoms with E-state index in [2.05, 4.69) is 4.98 Å². The van der Waals surface area contributed by atoms with Gasteiger partial charge in [-0.3, -0.25) is 4.98 Å². The van der Waals surface area contributed by atoms with Crippen LogP contribution in [0.1, 0.15) is 57.1 Å². The lowest BCUT2D eigenvalue weighted by atomic mass is 10.0. The lowest BCUT2D eigenvalue weighted by Gasteiger charge is -2.34. The third kappa shape index (κ3) is 3.25. The van der Waals surface area contributed by atoms with Crippen LogP contribution in [0.15, 0.2) is 0 Å². The second kappa shape index (κ2) is 6.35. The van der Waals surface area contributed by atoms with Crippen molar-refractivity contribution in [2.75, 3.05) is 0 Å². The van der Waals surface area contributed by atoms with Gasteiger partial charge in [0.25, 0.3) is 0 Å². The number of aromatic nitrogens is 1. The molecule has 1 aliphatic heterocycles. The van der Waals surface area contributed by atoms with Gasteiger partial charge in [-0.25, -0.2) is 0 Å². The van der Waals surface area contributed by atoms with E-state index in [1.807, 2.05) is 41.5 Å². The van der Waals surface area contributed by atoms with Crippen LogP contribution >= 0.6 is 0 Å². The van der Waals surface area contributed by atoms with Crippen LogP contribution in [0.4, 0.5) is 0 Å². The minimum Gasteiger partial charge on any atom is -0.461 e. The lowest BCUT2D eigenvalue weighted by molar-refractivity contribution is -0.181. The van der Waals surface area contributed by atoms with Crippen molar-refractivity contribution in [3.8, 4) is 5.75 Å². The van der Waals surface area contributed by atoms with E-state index in [1.165, 1.54) is 0 Å². The number of aliphatic hydroxyl groups is 1. The molecule has 0 bridgehead atoms. The number of aryl methyl sites for hydroxylation is 2. The molecule has 1 N–H and O–H groups in total. The molecule has 19 heavy (non-hydrogen) atoms. The third-order valence-corrected chi connectivity index (χ3v) is 3.02. The van der Waals surface area contributed by atoms with Crippen LogP contribution in [0.3, 0.4) is 0 Å². The van der Waals surface area contributed by atoms with Crippen LogP contribution in [0.5, 0.6) is 5.75 Å². The van der Waals surface area contributed by atoms with Gasteiger partial charge in [-0.2, -0.15) is 0 Å². The normalized spacial score (nSPS) is 15.9. The summed E-state index contributed by atoms with van der Waals surface area (Å²) in [4.78, 5) is 4.50. The molecule has 4 nitrogen and oxygen atoms in total. The zero-order valence-electron chi connectivity index (χ0n) is 12.8. The van der Waals surface area contributed by atoms with Crippen LogP contribution < -0.4 is 4.74 Å². The first-order valence-corrected chi connectivity index (χ1v) is 6.93. The molecule has 4 heteroatoms. The fourth-order valence-electron chi connectivity index (χ4n) is 2.14. The number of hydrogen-bond acceptors (Lipinski definition) is 4. The first-order valence-electron chi connectivity index (χ1n) is 6.93. The van der Waals surface area contributed by atoms with E-state index in [-0.39, 0.29) is 6.61 Å². The summed E-state index contributed by atoms with van der Waals surface area (Å²) in [5.74, 6) is 0.141. The van der Waals surface area contributed by atoms with E-state index in [0.717, 1.165) is 34.7 Å². The molecule has 0 saturated carbocycles. The van der Waals surface area contributed by atoms with E-state index >= 15 is 0 Å². The molecule has 2 rings (SSSR count). The number of ether oxygens (including phenoxy) is 2. The Morgan fingerprint density at radius 1 is 1.32 bits per heavy atom. The quantitative estimate of drug-likeness (QED) is 0.894. The Morgan fingerprint density at radius 3 is 2.47 bits per heavy atom. The highest BCUT2D eigenvalue weighted by Gasteiger charge is 2.31. The summed E-state index contributed by atoms with van der Waals surface area (Å²) >= 11 is 0. The Hall–Kier alpha value is -1.13. The van der Waals surface area contributed by atoms with Crippen molar-refractivity contribution in [2.45, 2.75) is 67.0 Å². The van der Waals surface area contributed by atoms with Gasteiger partial charge in [-0.15, -0.1) is 0 Å². The van der Waals surface area contributed by atoms with Gasteiger partial charge in [0, 0.05) is 30.7 Å². The Morgan fingerprint density at radius 2 is 1.95 bits per heavy atom. The van der Waals surface area contributed by atoms with Crippen molar-refractivity contribution in [2.24, 2.45) is 0 Å². The molecule has 0 saturated heterocycles. The first-order chi connectivity index (χ1) is 8.98. The lowest BCUT2D eigenvalue weighted by Crippen LogP contribution is -2.36. The fraction of sp³-hybridized carbons (Fsp3) is 0.667. The number of hydrogen-bond donors (Lipinski definition) is 1. The fourth-order valence-corrected chi connectivity index (χ4v) is 2.14. The zero-order valence-corrected chi connectivity index (χ0v) is 12.8. The number of rotatable bonds is 2. The summed E-state index contributed by atoms with van der Waals surface area (Å²) in [6, 6.07) is 0. The Labute approximate surface area is 115 Å². The highest BCUT2D eigenvalue weighted by Crippen LogP contribution is 2.36. The van der Waals surface area contributed by atoms with Crippen LogP contribution in [0.2, 0.25) is 0 Å². The predicted octanol–water partition coefficient (Wildman–Crippen LogP) is 3.12. The monoisotopic (exact) mass is 267 g/mol. The average molecular weight is 267 g/mol. The van der Waals surface area contributed by atoms with E-state index in [0.29, 0.717) is 6.61 Å². The first kappa shape index (κ1) is 15.9. The Bertz CT molecular complexity index is 442. The maximum Gasteiger partial charge on any atom is 0.205 e. The Kier molecular flexibility index (Phi) is 5.32. The van der Waals surface area contributed by atoms with Crippen molar-refractivity contribution >= 4 is 0 Å². The molecule has 0 amide bonds. The highest BCUT2D eigenvalue weighted by atomic mass is 16.7. The van der Waals surface area contributed by atoms with Gasteiger partial charge >= 0.3 is 0 Å². The van der Waals surface area contributed by atoms with Gasteiger partial charge in [0.2, 0.25) is 5.79 Å². The maximum absolute atomic E-state index is 9.48. The topological polar surface area (TPSA) is 51.6 Å². The second-order valence-electron chi connectivity index (χ2n) is 4.73. The van der Waals surface area contributed by atoms with Crippen molar-refractivity contribution in [3.63, 3.8) is 0 Å². The molecule has 0 spiro atoms. The van der Waals surface area contributed by atoms with E-state index < -0.39 is 5.79 Å². The predicted molar refractivity (Wildman–Crippen MR) is 75.1 cm³/mol. The summed E-state index contributed by atoms with van der Waals surface area (Å²) in [6.45, 7) is 12.2. The smallest absolute Gasteiger partial charge is 0.205 e. The van der Waals surface area contributed by atoms with Gasteiger partial charge in [0.1, 0.15) is 5.75 Å². The minimum absolute atomic E-state index is 0.0219. The van der Waals surface area contributed by atoms with Crippen molar-refractivity contribution < 1.29 is 14.6 Å². The SMILES string of the molecule is CC.CCc1nc(C)c2c(c1CO)COC(C)(C)O2. The summed E-state index contributed by atoms with van der Waals surface area (Å²) < 4.78 is 11.4. The summed E-state index contributed by atoms with van der Waals surface area (Å²) in [7, 11) is 0. The van der Waals surface area contributed by atoms with Crippen molar-refractivity contribution in [1.29, 1.82) is 0 Å². The van der Waals surface area contributed by atoms with Crippen LogP contribution in [0, 0.1) is 6.92 Å². The van der Waals surface area contributed by atoms with Crippen molar-refractivity contribution in [3.05, 3.63) is 22.5 Å². The molecule has 1 aromatic heterocycles. The van der Waals surface area contributed by atoms with E-state index in [1.54, 1.807) is 0 Å². The van der Waals surface area contributed by atoms with Gasteiger partial charge in [-0.1, -0.05) is 20.8 Å². The Balaban J connectivity index is 0.000000861. The maximum atomic E-state index is 9.48. The molecule has 108 valence electrons. The standard InChI is InChI=1S/C13H19NO3.C2H6/c1-5-11-9(6-15)10-7-16-13(3,4)17-12(10)8(2)14-11;1-2/h15H,5-7H2,1-4H3;1-2H3. The highest BCUT2D eigenvalue weighted by molar-refractivity contribution is 5.45. The minimum atomic E-state index is -0.625. The summed E-state index contributed by atoms with van der Waals surface area (Å²) in [5.41, 5.74) is 3.58. The molecule has 0 unspecified atom stereocenters.